The summed E-state index contributed by atoms with van der Waals surface area (Å²) in [5.41, 5.74) is 7.53. The first kappa shape index (κ1) is 30.6. The molecule has 3 N–H and O–H groups in total. The summed E-state index contributed by atoms with van der Waals surface area (Å²) < 4.78 is 13.2. The molecule has 1 aromatic heterocycles. The van der Waals surface area contributed by atoms with E-state index in [2.05, 4.69) is 73.2 Å². The van der Waals surface area contributed by atoms with Crippen molar-refractivity contribution in [3.05, 3.63) is 54.2 Å². The zero-order valence-corrected chi connectivity index (χ0v) is 23.0. The third-order valence-corrected chi connectivity index (χ3v) is 6.21. The minimum Gasteiger partial charge on any atom is -0.481 e. The second-order valence-electron chi connectivity index (χ2n) is 9.70. The Kier molecular flexibility index (Phi) is 12.9. The molecule has 1 aliphatic heterocycles. The van der Waals surface area contributed by atoms with Crippen LogP contribution in [-0.2, 0) is 9.53 Å². The van der Waals surface area contributed by atoms with E-state index in [4.69, 9.17) is 20.3 Å². The molecule has 37 heavy (non-hydrogen) atoms. The number of aliphatic carboxylic acids is 1. The van der Waals surface area contributed by atoms with Crippen LogP contribution in [-0.4, -0.2) is 71.8 Å². The van der Waals surface area contributed by atoms with Gasteiger partial charge >= 0.3 is 5.97 Å². The van der Waals surface area contributed by atoms with Gasteiger partial charge in [0.15, 0.2) is 0 Å². The number of rotatable bonds is 10. The Hall–Kier alpha value is -2.65. The Labute approximate surface area is 226 Å². The second-order valence-corrected chi connectivity index (χ2v) is 9.70. The van der Waals surface area contributed by atoms with Crippen molar-refractivity contribution in [3.8, 4) is 11.6 Å². The Morgan fingerprint density at radius 2 is 1.84 bits per heavy atom. The number of carboxylic acid groups (broad SMARTS) is 1. The molecule has 1 aliphatic rings. The molecule has 3 aromatic rings. The second kappa shape index (κ2) is 15.6. The SMILES string of the molecule is CC(C)C[C@H](CN)CC(=O)O.Cc1cc(OCCN2CCOCC2)nn1-c1ccc2ccccc2c1.Cl. The molecular formula is C28H41ClN4O4. The number of halogens is 1. The zero-order valence-electron chi connectivity index (χ0n) is 22.1. The highest BCUT2D eigenvalue weighted by molar-refractivity contribution is 5.85. The molecule has 4 rings (SSSR count). The minimum absolute atomic E-state index is 0. The van der Waals surface area contributed by atoms with Gasteiger partial charge in [0.2, 0.25) is 5.88 Å². The van der Waals surface area contributed by atoms with E-state index in [1.807, 2.05) is 10.7 Å². The van der Waals surface area contributed by atoms with E-state index in [1.165, 1.54) is 10.8 Å². The maximum atomic E-state index is 10.3. The third-order valence-electron chi connectivity index (χ3n) is 6.21. The maximum Gasteiger partial charge on any atom is 0.303 e. The molecule has 2 heterocycles. The van der Waals surface area contributed by atoms with Crippen LogP contribution in [0.1, 0.15) is 32.4 Å². The molecule has 0 unspecified atom stereocenters. The Balaban J connectivity index is 0.000000344. The van der Waals surface area contributed by atoms with Crippen LogP contribution in [0.2, 0.25) is 0 Å². The molecule has 8 nitrogen and oxygen atoms in total. The average Bonchev–Trinajstić information content (AvgIpc) is 3.24. The lowest BCUT2D eigenvalue weighted by molar-refractivity contribution is -0.138. The van der Waals surface area contributed by atoms with E-state index in [9.17, 15) is 4.79 Å². The Morgan fingerprint density at radius 1 is 1.14 bits per heavy atom. The maximum absolute atomic E-state index is 10.3. The van der Waals surface area contributed by atoms with Crippen molar-refractivity contribution in [2.45, 2.75) is 33.6 Å². The van der Waals surface area contributed by atoms with Crippen molar-refractivity contribution in [2.24, 2.45) is 17.6 Å². The molecule has 0 saturated carbocycles. The number of carboxylic acids is 1. The standard InChI is InChI=1S/C20H23N3O2.C8H17NO2.ClH/c1-16-14-20(25-13-10-22-8-11-24-12-9-22)21-23(16)19-7-6-17-4-2-3-5-18(17)15-19;1-6(2)3-7(5-9)4-8(10)11;/h2-7,14-15H,8-13H2,1H3;6-7H,3-5,9H2,1-2H3,(H,10,11);1H/t;7-;/m.0./s1. The van der Waals surface area contributed by atoms with Gasteiger partial charge in [-0.3, -0.25) is 9.69 Å². The summed E-state index contributed by atoms with van der Waals surface area (Å²) in [4.78, 5) is 12.7. The van der Waals surface area contributed by atoms with Gasteiger partial charge in [-0.05, 0) is 54.6 Å². The van der Waals surface area contributed by atoms with E-state index < -0.39 is 5.97 Å². The minimum atomic E-state index is -0.749. The number of hydrogen-bond donors (Lipinski definition) is 2. The highest BCUT2D eigenvalue weighted by Gasteiger charge is 2.13. The lowest BCUT2D eigenvalue weighted by atomic mass is 9.94. The molecule has 9 heteroatoms. The number of nitrogens with two attached hydrogens (primary N) is 1. The number of morpholine rings is 1. The quantitative estimate of drug-likeness (QED) is 0.395. The third kappa shape index (κ3) is 9.97. The Bertz CT molecular complexity index is 1100. The summed E-state index contributed by atoms with van der Waals surface area (Å²) in [5.74, 6) is 0.607. The first-order chi connectivity index (χ1) is 17.4. The fourth-order valence-electron chi connectivity index (χ4n) is 4.37. The van der Waals surface area contributed by atoms with Crippen LogP contribution in [0.4, 0.5) is 0 Å². The number of aryl methyl sites for hydroxylation is 1. The molecule has 0 radical (unpaired) electrons. The first-order valence-corrected chi connectivity index (χ1v) is 12.8. The van der Waals surface area contributed by atoms with Crippen molar-refractivity contribution in [1.29, 1.82) is 0 Å². The van der Waals surface area contributed by atoms with E-state index in [0.717, 1.165) is 50.7 Å². The van der Waals surface area contributed by atoms with Crippen LogP contribution in [0.5, 0.6) is 5.88 Å². The number of ether oxygens (including phenoxy) is 2. The number of aromatic nitrogens is 2. The topological polar surface area (TPSA) is 103 Å². The highest BCUT2D eigenvalue weighted by atomic mass is 35.5. The number of nitrogens with zero attached hydrogens (tertiary/aromatic N) is 3. The van der Waals surface area contributed by atoms with Gasteiger partial charge in [-0.25, -0.2) is 4.68 Å². The summed E-state index contributed by atoms with van der Waals surface area (Å²) in [6.45, 7) is 11.8. The summed E-state index contributed by atoms with van der Waals surface area (Å²) in [7, 11) is 0. The van der Waals surface area contributed by atoms with E-state index >= 15 is 0 Å². The summed E-state index contributed by atoms with van der Waals surface area (Å²) in [5, 5.41) is 15.5. The van der Waals surface area contributed by atoms with Crippen LogP contribution in [0, 0.1) is 18.8 Å². The summed E-state index contributed by atoms with van der Waals surface area (Å²) in [6.07, 6.45) is 1.11. The number of fused-ring (bicyclic) bond motifs is 1. The average molecular weight is 533 g/mol. The molecule has 2 aromatic carbocycles. The Morgan fingerprint density at radius 3 is 2.49 bits per heavy atom. The van der Waals surface area contributed by atoms with Gasteiger partial charge in [-0.2, -0.15) is 0 Å². The van der Waals surface area contributed by atoms with Gasteiger partial charge in [-0.1, -0.05) is 44.2 Å². The molecule has 0 amide bonds. The molecular weight excluding hydrogens is 492 g/mol. The van der Waals surface area contributed by atoms with Gasteiger partial charge in [0, 0.05) is 37.8 Å². The monoisotopic (exact) mass is 532 g/mol. The molecule has 0 bridgehead atoms. The number of carbonyl (C=O) groups is 1. The van der Waals surface area contributed by atoms with E-state index in [1.54, 1.807) is 0 Å². The van der Waals surface area contributed by atoms with E-state index in [-0.39, 0.29) is 24.7 Å². The largest absolute Gasteiger partial charge is 0.481 e. The lowest BCUT2D eigenvalue weighted by Crippen LogP contribution is -2.38. The molecule has 1 atom stereocenters. The van der Waals surface area contributed by atoms with Crippen LogP contribution in [0.3, 0.4) is 0 Å². The predicted molar refractivity (Wildman–Crippen MR) is 150 cm³/mol. The fraction of sp³-hybridized carbons (Fsp3) is 0.500. The van der Waals surface area contributed by atoms with Gasteiger partial charge < -0.3 is 20.3 Å². The van der Waals surface area contributed by atoms with Crippen LogP contribution in [0.15, 0.2) is 48.5 Å². The fourth-order valence-corrected chi connectivity index (χ4v) is 4.37. The number of hydrogen-bond acceptors (Lipinski definition) is 6. The van der Waals surface area contributed by atoms with Crippen molar-refractivity contribution in [2.75, 3.05) is 46.0 Å². The molecule has 1 fully saturated rings. The zero-order chi connectivity index (χ0) is 25.9. The summed E-state index contributed by atoms with van der Waals surface area (Å²) >= 11 is 0. The molecule has 1 saturated heterocycles. The normalized spacial score (nSPS) is 14.5. The number of benzene rings is 2. The van der Waals surface area contributed by atoms with Gasteiger partial charge in [0.1, 0.15) is 6.61 Å². The smallest absolute Gasteiger partial charge is 0.303 e. The molecule has 204 valence electrons. The van der Waals surface area contributed by atoms with E-state index in [0.29, 0.717) is 24.9 Å². The summed E-state index contributed by atoms with van der Waals surface area (Å²) in [6, 6.07) is 16.7. The molecule has 0 spiro atoms. The van der Waals surface area contributed by atoms with Crippen LogP contribution in [0.25, 0.3) is 16.5 Å². The molecule has 0 aliphatic carbocycles. The van der Waals surface area contributed by atoms with Crippen molar-refractivity contribution in [1.82, 2.24) is 14.7 Å². The van der Waals surface area contributed by atoms with Crippen LogP contribution >= 0.6 is 12.4 Å². The lowest BCUT2D eigenvalue weighted by Gasteiger charge is -2.26. The van der Waals surface area contributed by atoms with Crippen molar-refractivity contribution >= 4 is 29.1 Å². The highest BCUT2D eigenvalue weighted by Crippen LogP contribution is 2.21. The van der Waals surface area contributed by atoms with Gasteiger partial charge in [0.25, 0.3) is 0 Å². The predicted octanol–water partition coefficient (Wildman–Crippen LogP) is 4.55. The van der Waals surface area contributed by atoms with Crippen LogP contribution < -0.4 is 10.5 Å². The van der Waals surface area contributed by atoms with Crippen molar-refractivity contribution in [3.63, 3.8) is 0 Å². The van der Waals surface area contributed by atoms with Gasteiger partial charge in [0.05, 0.1) is 18.9 Å². The van der Waals surface area contributed by atoms with Gasteiger partial charge in [-0.15, -0.1) is 17.5 Å². The van der Waals surface area contributed by atoms with Crippen molar-refractivity contribution < 1.29 is 19.4 Å². The first-order valence-electron chi connectivity index (χ1n) is 12.8.